The predicted molar refractivity (Wildman–Crippen MR) is 95.5 cm³/mol. The maximum absolute atomic E-state index is 11.2. The number of nitriles is 1. The summed E-state index contributed by atoms with van der Waals surface area (Å²) in [6.07, 6.45) is 2.11. The molecule has 132 valence electrons. The van der Waals surface area contributed by atoms with Crippen LogP contribution in [-0.2, 0) is 4.79 Å². The summed E-state index contributed by atoms with van der Waals surface area (Å²) in [6.45, 7) is 8.09. The van der Waals surface area contributed by atoms with Crippen LogP contribution in [0.3, 0.4) is 0 Å². The van der Waals surface area contributed by atoms with Gasteiger partial charge in [0.25, 0.3) is 0 Å². The molecule has 0 aliphatic carbocycles. The van der Waals surface area contributed by atoms with E-state index in [1.807, 2.05) is 6.92 Å². The molecule has 4 nitrogen and oxygen atoms in total. The summed E-state index contributed by atoms with van der Waals surface area (Å²) >= 11 is 6.29. The number of carbonyl (C=O) groups is 1. The summed E-state index contributed by atoms with van der Waals surface area (Å²) in [6, 6.07) is 3.73. The Morgan fingerprint density at radius 2 is 2.08 bits per heavy atom. The van der Waals surface area contributed by atoms with Crippen LogP contribution < -0.4 is 4.74 Å². The smallest absolute Gasteiger partial charge is 0.129 e. The molecule has 0 spiro atoms. The lowest BCUT2D eigenvalue weighted by Crippen LogP contribution is -2.13. The van der Waals surface area contributed by atoms with Gasteiger partial charge >= 0.3 is 0 Å². The lowest BCUT2D eigenvalue weighted by Gasteiger charge is -2.25. The molecule has 0 saturated heterocycles. The summed E-state index contributed by atoms with van der Waals surface area (Å²) in [7, 11) is 0. The zero-order valence-electron chi connectivity index (χ0n) is 14.8. The molecule has 1 aromatic carbocycles. The highest BCUT2D eigenvalue weighted by Crippen LogP contribution is 2.43. The second kappa shape index (κ2) is 9.66. The zero-order chi connectivity index (χ0) is 18.3. The molecule has 0 saturated carbocycles. The van der Waals surface area contributed by atoms with Crippen LogP contribution in [0.4, 0.5) is 0 Å². The molecule has 3 unspecified atom stereocenters. The van der Waals surface area contributed by atoms with Gasteiger partial charge in [-0.05, 0) is 38.2 Å². The molecule has 0 aliphatic heterocycles. The quantitative estimate of drug-likeness (QED) is 0.650. The van der Waals surface area contributed by atoms with Crippen molar-refractivity contribution >= 4 is 17.9 Å². The molecule has 0 aromatic heterocycles. The van der Waals surface area contributed by atoms with Crippen molar-refractivity contribution in [2.24, 2.45) is 5.92 Å². The summed E-state index contributed by atoms with van der Waals surface area (Å²) < 4.78 is 5.78. The molecule has 5 heteroatoms. The van der Waals surface area contributed by atoms with Crippen molar-refractivity contribution in [3.8, 4) is 11.8 Å². The zero-order valence-corrected chi connectivity index (χ0v) is 15.6. The minimum atomic E-state index is -0.781. The van der Waals surface area contributed by atoms with Crippen molar-refractivity contribution in [1.29, 1.82) is 5.26 Å². The second-order valence-electron chi connectivity index (χ2n) is 6.13. The number of carbonyl (C=O) groups excluding carboxylic acids is 1. The Kier molecular flexibility index (Phi) is 8.24. The van der Waals surface area contributed by atoms with Crippen LogP contribution in [0.2, 0.25) is 5.02 Å². The summed E-state index contributed by atoms with van der Waals surface area (Å²) in [4.78, 5) is 11.2. The Morgan fingerprint density at radius 1 is 1.42 bits per heavy atom. The molecule has 0 aliphatic rings. The van der Waals surface area contributed by atoms with Crippen LogP contribution >= 0.6 is 11.6 Å². The monoisotopic (exact) mass is 351 g/mol. The highest BCUT2D eigenvalue weighted by atomic mass is 35.5. The maximum atomic E-state index is 11.2. The van der Waals surface area contributed by atoms with Crippen molar-refractivity contribution in [1.82, 2.24) is 0 Å². The highest BCUT2D eigenvalue weighted by Gasteiger charge is 2.27. The standard InChI is InChI=1S/C19H26ClNO3/c1-5-12(3)9-14(7-8-22)18-16(11-21)17(20)10-15(13(4)23)19(18)24-6-2/h8,10,12-14,23H,5-7,9H2,1-4H3. The van der Waals surface area contributed by atoms with Gasteiger partial charge < -0.3 is 14.6 Å². The van der Waals surface area contributed by atoms with Gasteiger partial charge in [-0.1, -0.05) is 31.9 Å². The summed E-state index contributed by atoms with van der Waals surface area (Å²) in [5.41, 5.74) is 1.53. The Morgan fingerprint density at radius 3 is 2.54 bits per heavy atom. The number of aliphatic hydroxyl groups is 1. The van der Waals surface area contributed by atoms with E-state index in [2.05, 4.69) is 19.9 Å². The molecule has 0 fully saturated rings. The largest absolute Gasteiger partial charge is 0.493 e. The summed E-state index contributed by atoms with van der Waals surface area (Å²) in [5.74, 6) is 0.721. The maximum Gasteiger partial charge on any atom is 0.129 e. The topological polar surface area (TPSA) is 70.3 Å². The normalized spacial score (nSPS) is 14.5. The molecule has 0 bridgehead atoms. The van der Waals surface area contributed by atoms with Gasteiger partial charge in [0, 0.05) is 17.5 Å². The Labute approximate surface area is 149 Å². The molecule has 0 radical (unpaired) electrons. The molecule has 24 heavy (non-hydrogen) atoms. The van der Waals surface area contributed by atoms with E-state index in [0.717, 1.165) is 19.1 Å². The number of benzene rings is 1. The molecule has 3 atom stereocenters. The fourth-order valence-corrected chi connectivity index (χ4v) is 3.15. The first kappa shape index (κ1) is 20.5. The average Bonchev–Trinajstić information content (AvgIpc) is 2.55. The van der Waals surface area contributed by atoms with Gasteiger partial charge in [0.2, 0.25) is 0 Å². The second-order valence-corrected chi connectivity index (χ2v) is 6.54. The van der Waals surface area contributed by atoms with Crippen molar-refractivity contribution in [3.63, 3.8) is 0 Å². The first-order chi connectivity index (χ1) is 11.4. The van der Waals surface area contributed by atoms with Crippen LogP contribution in [-0.4, -0.2) is 18.0 Å². The van der Waals surface area contributed by atoms with Gasteiger partial charge in [-0.15, -0.1) is 0 Å². The van der Waals surface area contributed by atoms with Crippen LogP contribution in [0.5, 0.6) is 5.75 Å². The number of aldehydes is 1. The minimum Gasteiger partial charge on any atom is -0.493 e. The van der Waals surface area contributed by atoms with Gasteiger partial charge in [-0.2, -0.15) is 5.26 Å². The molecule has 1 N–H and O–H groups in total. The van der Waals surface area contributed by atoms with Crippen LogP contribution in [0.15, 0.2) is 6.07 Å². The van der Waals surface area contributed by atoms with E-state index in [9.17, 15) is 15.2 Å². The first-order valence-corrected chi connectivity index (χ1v) is 8.79. The van der Waals surface area contributed by atoms with E-state index in [1.165, 1.54) is 0 Å². The van der Waals surface area contributed by atoms with Gasteiger partial charge in [-0.3, -0.25) is 0 Å². The van der Waals surface area contributed by atoms with E-state index >= 15 is 0 Å². The number of halogens is 1. The van der Waals surface area contributed by atoms with Crippen LogP contribution in [0.25, 0.3) is 0 Å². The molecule has 0 heterocycles. The number of hydrogen-bond donors (Lipinski definition) is 1. The van der Waals surface area contributed by atoms with Crippen LogP contribution in [0.1, 0.15) is 75.7 Å². The minimum absolute atomic E-state index is 0.162. The van der Waals surface area contributed by atoms with E-state index < -0.39 is 6.10 Å². The van der Waals surface area contributed by atoms with Crippen LogP contribution in [0, 0.1) is 17.2 Å². The van der Waals surface area contributed by atoms with Crippen molar-refractivity contribution in [2.75, 3.05) is 6.61 Å². The highest BCUT2D eigenvalue weighted by molar-refractivity contribution is 6.32. The van der Waals surface area contributed by atoms with Crippen molar-refractivity contribution in [3.05, 3.63) is 27.8 Å². The van der Waals surface area contributed by atoms with Crippen molar-refractivity contribution < 1.29 is 14.6 Å². The predicted octanol–water partition coefficient (Wildman–Crippen LogP) is 4.77. The van der Waals surface area contributed by atoms with Gasteiger partial charge in [0.15, 0.2) is 0 Å². The number of nitrogens with zero attached hydrogens (tertiary/aromatic N) is 1. The van der Waals surface area contributed by atoms with Gasteiger partial charge in [0.1, 0.15) is 18.1 Å². The molecule has 1 rings (SSSR count). The third kappa shape index (κ3) is 4.72. The SMILES string of the molecule is CCOc1c(C(C)O)cc(Cl)c(C#N)c1C(CC=O)CC(C)CC. The van der Waals surface area contributed by atoms with E-state index in [0.29, 0.717) is 41.4 Å². The van der Waals surface area contributed by atoms with Gasteiger partial charge in [0.05, 0.1) is 23.3 Å². The fourth-order valence-electron chi connectivity index (χ4n) is 2.89. The fraction of sp³-hybridized carbons (Fsp3) is 0.579. The third-order valence-electron chi connectivity index (χ3n) is 4.32. The Hall–Kier alpha value is -1.57. The number of hydrogen-bond acceptors (Lipinski definition) is 4. The Bertz CT molecular complexity index is 608. The number of rotatable bonds is 9. The molecule has 1 aromatic rings. The Balaban J connectivity index is 3.64. The lowest BCUT2D eigenvalue weighted by atomic mass is 9.82. The molecular formula is C19H26ClNO3. The molecular weight excluding hydrogens is 326 g/mol. The summed E-state index contributed by atoms with van der Waals surface area (Å²) in [5, 5.41) is 20.0. The van der Waals surface area contributed by atoms with E-state index in [1.54, 1.807) is 13.0 Å². The van der Waals surface area contributed by atoms with E-state index in [4.69, 9.17) is 16.3 Å². The first-order valence-electron chi connectivity index (χ1n) is 8.41. The van der Waals surface area contributed by atoms with E-state index in [-0.39, 0.29) is 10.9 Å². The number of ether oxygens (including phenoxy) is 1. The molecule has 0 amide bonds. The lowest BCUT2D eigenvalue weighted by molar-refractivity contribution is -0.108. The van der Waals surface area contributed by atoms with Gasteiger partial charge in [-0.25, -0.2) is 0 Å². The number of aliphatic hydroxyl groups excluding tert-OH is 1. The third-order valence-corrected chi connectivity index (χ3v) is 4.62. The average molecular weight is 352 g/mol. The van der Waals surface area contributed by atoms with Crippen molar-refractivity contribution in [2.45, 2.75) is 59.0 Å².